The standard InChI is InChI=1S/C19H21N7O2/c1-14(26-13-20-12-21-26)19(28)24-8-5-9-25-16(11-24)10-17(23-25)18(27)22-15-6-3-2-4-7-15/h2-4,6-7,10,12-14H,5,8-9,11H2,1H3,(H,22,27). The molecule has 0 bridgehead atoms. The van der Waals surface area contributed by atoms with Crippen LogP contribution in [0.2, 0.25) is 0 Å². The maximum atomic E-state index is 12.9. The molecule has 1 aliphatic heterocycles. The number of fused-ring (bicyclic) bond motifs is 1. The highest BCUT2D eigenvalue weighted by Gasteiger charge is 2.26. The number of benzene rings is 1. The van der Waals surface area contributed by atoms with Crippen molar-refractivity contribution in [2.45, 2.75) is 32.5 Å². The predicted octanol–water partition coefficient (Wildman–Crippen LogP) is 1.72. The number of hydrogen-bond donors (Lipinski definition) is 1. The summed E-state index contributed by atoms with van der Waals surface area (Å²) in [4.78, 5) is 31.1. The summed E-state index contributed by atoms with van der Waals surface area (Å²) in [5.74, 6) is -0.295. The monoisotopic (exact) mass is 379 g/mol. The molecule has 0 radical (unpaired) electrons. The third-order valence-corrected chi connectivity index (χ3v) is 4.78. The summed E-state index contributed by atoms with van der Waals surface area (Å²) in [6, 6.07) is 10.6. The van der Waals surface area contributed by atoms with Gasteiger partial charge in [-0.15, -0.1) is 0 Å². The van der Waals surface area contributed by atoms with Crippen molar-refractivity contribution >= 4 is 17.5 Å². The van der Waals surface area contributed by atoms with Crippen LogP contribution < -0.4 is 5.32 Å². The number of carbonyl (C=O) groups is 2. The molecule has 2 aromatic heterocycles. The van der Waals surface area contributed by atoms with Crippen LogP contribution in [0.4, 0.5) is 5.69 Å². The lowest BCUT2D eigenvalue weighted by Gasteiger charge is -2.23. The van der Waals surface area contributed by atoms with Crippen molar-refractivity contribution in [3.8, 4) is 0 Å². The van der Waals surface area contributed by atoms with E-state index in [-0.39, 0.29) is 11.8 Å². The van der Waals surface area contributed by atoms with E-state index in [0.29, 0.717) is 31.0 Å². The van der Waals surface area contributed by atoms with Gasteiger partial charge >= 0.3 is 0 Å². The number of carbonyl (C=O) groups excluding carboxylic acids is 2. The highest BCUT2D eigenvalue weighted by molar-refractivity contribution is 6.02. The van der Waals surface area contributed by atoms with Crippen LogP contribution in [0.1, 0.15) is 35.6 Å². The average Bonchev–Trinajstić information content (AvgIpc) is 3.34. The number of hydrogen-bond acceptors (Lipinski definition) is 5. The largest absolute Gasteiger partial charge is 0.335 e. The third-order valence-electron chi connectivity index (χ3n) is 4.78. The smallest absolute Gasteiger partial charge is 0.276 e. The Kier molecular flexibility index (Phi) is 4.88. The zero-order chi connectivity index (χ0) is 19.5. The van der Waals surface area contributed by atoms with Crippen molar-refractivity contribution in [3.63, 3.8) is 0 Å². The molecule has 2 amide bonds. The topological polar surface area (TPSA) is 97.9 Å². The van der Waals surface area contributed by atoms with E-state index < -0.39 is 6.04 Å². The van der Waals surface area contributed by atoms with Crippen molar-refractivity contribution in [2.24, 2.45) is 0 Å². The molecule has 1 unspecified atom stereocenters. The van der Waals surface area contributed by atoms with Gasteiger partial charge in [0.25, 0.3) is 5.91 Å². The minimum Gasteiger partial charge on any atom is -0.335 e. The second-order valence-electron chi connectivity index (χ2n) is 6.73. The van der Waals surface area contributed by atoms with Gasteiger partial charge in [-0.05, 0) is 31.5 Å². The lowest BCUT2D eigenvalue weighted by Crippen LogP contribution is -2.36. The van der Waals surface area contributed by atoms with E-state index in [1.54, 1.807) is 22.6 Å². The van der Waals surface area contributed by atoms with E-state index in [0.717, 1.165) is 12.1 Å². The van der Waals surface area contributed by atoms with E-state index in [2.05, 4.69) is 20.5 Å². The summed E-state index contributed by atoms with van der Waals surface area (Å²) in [5, 5.41) is 11.3. The molecule has 1 aromatic carbocycles. The van der Waals surface area contributed by atoms with Gasteiger partial charge < -0.3 is 10.2 Å². The second kappa shape index (κ2) is 7.63. The molecule has 3 aromatic rings. The zero-order valence-corrected chi connectivity index (χ0v) is 15.5. The molecule has 9 heteroatoms. The van der Waals surface area contributed by atoms with Crippen LogP contribution >= 0.6 is 0 Å². The van der Waals surface area contributed by atoms with E-state index in [1.807, 2.05) is 35.0 Å². The van der Waals surface area contributed by atoms with Crippen LogP contribution in [-0.2, 0) is 17.9 Å². The molecule has 4 rings (SSSR count). The Bertz CT molecular complexity index is 966. The van der Waals surface area contributed by atoms with Gasteiger partial charge in [-0.2, -0.15) is 10.2 Å². The number of anilines is 1. The molecule has 9 nitrogen and oxygen atoms in total. The first kappa shape index (κ1) is 17.9. The summed E-state index contributed by atoms with van der Waals surface area (Å²) in [5.41, 5.74) is 1.90. The molecule has 0 aliphatic carbocycles. The number of rotatable bonds is 4. The third kappa shape index (κ3) is 3.64. The summed E-state index contributed by atoms with van der Waals surface area (Å²) >= 11 is 0. The summed E-state index contributed by atoms with van der Waals surface area (Å²) in [6.45, 7) is 3.50. The van der Waals surface area contributed by atoms with Crippen LogP contribution in [0, 0.1) is 0 Å². The number of aryl methyl sites for hydroxylation is 1. The lowest BCUT2D eigenvalue weighted by molar-refractivity contribution is -0.135. The fourth-order valence-electron chi connectivity index (χ4n) is 3.27. The van der Waals surface area contributed by atoms with E-state index in [1.165, 1.54) is 12.7 Å². The first-order chi connectivity index (χ1) is 13.6. The Morgan fingerprint density at radius 3 is 2.75 bits per heavy atom. The Morgan fingerprint density at radius 1 is 1.18 bits per heavy atom. The van der Waals surface area contributed by atoms with Gasteiger partial charge in [0.1, 0.15) is 18.7 Å². The SMILES string of the molecule is CC(C(=O)N1CCCn2nc(C(=O)Nc3ccccc3)cc2C1)n1cncn1. The summed E-state index contributed by atoms with van der Waals surface area (Å²) in [7, 11) is 0. The molecular weight excluding hydrogens is 358 g/mol. The zero-order valence-electron chi connectivity index (χ0n) is 15.5. The number of amides is 2. The van der Waals surface area contributed by atoms with Gasteiger partial charge in [-0.25, -0.2) is 9.67 Å². The minimum atomic E-state index is -0.433. The van der Waals surface area contributed by atoms with Crippen LogP contribution in [0.15, 0.2) is 49.1 Å². The number of para-hydroxylation sites is 1. The fraction of sp³-hybridized carbons (Fsp3) is 0.316. The van der Waals surface area contributed by atoms with Crippen LogP contribution in [0.3, 0.4) is 0 Å². The molecule has 1 atom stereocenters. The first-order valence-electron chi connectivity index (χ1n) is 9.18. The average molecular weight is 379 g/mol. The summed E-state index contributed by atoms with van der Waals surface area (Å²) in [6.07, 6.45) is 3.72. The van der Waals surface area contributed by atoms with Gasteiger partial charge in [0.05, 0.1) is 12.2 Å². The van der Waals surface area contributed by atoms with E-state index in [4.69, 9.17) is 0 Å². The predicted molar refractivity (Wildman–Crippen MR) is 101 cm³/mol. The van der Waals surface area contributed by atoms with Crippen LogP contribution in [-0.4, -0.2) is 47.8 Å². The lowest BCUT2D eigenvalue weighted by atomic mass is 10.2. The number of aromatic nitrogens is 5. The molecular formula is C19H21N7O2. The maximum absolute atomic E-state index is 12.9. The first-order valence-corrected chi connectivity index (χ1v) is 9.18. The Hall–Kier alpha value is -3.49. The van der Waals surface area contributed by atoms with Gasteiger partial charge in [0, 0.05) is 18.8 Å². The Balaban J connectivity index is 1.49. The molecule has 0 saturated heterocycles. The molecule has 1 N–H and O–H groups in total. The number of nitrogens with zero attached hydrogens (tertiary/aromatic N) is 6. The fourth-order valence-corrected chi connectivity index (χ4v) is 3.27. The normalized spacial score (nSPS) is 14.8. The highest BCUT2D eigenvalue weighted by atomic mass is 16.2. The Morgan fingerprint density at radius 2 is 2.00 bits per heavy atom. The van der Waals surface area contributed by atoms with Crippen molar-refractivity contribution < 1.29 is 9.59 Å². The van der Waals surface area contributed by atoms with Crippen molar-refractivity contribution in [3.05, 3.63) is 60.4 Å². The molecule has 144 valence electrons. The van der Waals surface area contributed by atoms with Crippen molar-refractivity contribution in [1.82, 2.24) is 29.4 Å². The molecule has 0 spiro atoms. The molecule has 1 aliphatic rings. The molecule has 3 heterocycles. The van der Waals surface area contributed by atoms with Crippen molar-refractivity contribution in [1.29, 1.82) is 0 Å². The second-order valence-corrected chi connectivity index (χ2v) is 6.73. The van der Waals surface area contributed by atoms with Gasteiger partial charge in [0.2, 0.25) is 5.91 Å². The van der Waals surface area contributed by atoms with E-state index in [9.17, 15) is 9.59 Å². The van der Waals surface area contributed by atoms with Crippen LogP contribution in [0.5, 0.6) is 0 Å². The van der Waals surface area contributed by atoms with E-state index >= 15 is 0 Å². The maximum Gasteiger partial charge on any atom is 0.276 e. The van der Waals surface area contributed by atoms with Gasteiger partial charge in [0.15, 0.2) is 5.69 Å². The van der Waals surface area contributed by atoms with Gasteiger partial charge in [-0.1, -0.05) is 18.2 Å². The minimum absolute atomic E-state index is 0.0320. The molecule has 28 heavy (non-hydrogen) atoms. The molecule has 0 fully saturated rings. The van der Waals surface area contributed by atoms with Crippen molar-refractivity contribution in [2.75, 3.05) is 11.9 Å². The highest BCUT2D eigenvalue weighted by Crippen LogP contribution is 2.18. The molecule has 0 saturated carbocycles. The Labute approximate surface area is 162 Å². The van der Waals surface area contributed by atoms with Crippen LogP contribution in [0.25, 0.3) is 0 Å². The number of nitrogens with one attached hydrogen (secondary N) is 1. The quantitative estimate of drug-likeness (QED) is 0.744. The van der Waals surface area contributed by atoms with Gasteiger partial charge in [-0.3, -0.25) is 14.3 Å². The summed E-state index contributed by atoms with van der Waals surface area (Å²) < 4.78 is 3.36.